The minimum absolute atomic E-state index is 0.195. The van der Waals surface area contributed by atoms with E-state index in [-0.39, 0.29) is 5.91 Å². The van der Waals surface area contributed by atoms with E-state index in [0.717, 1.165) is 40.6 Å². The Morgan fingerprint density at radius 2 is 2.00 bits per heavy atom. The summed E-state index contributed by atoms with van der Waals surface area (Å²) < 4.78 is 1.05. The number of aryl methyl sites for hydroxylation is 1. The summed E-state index contributed by atoms with van der Waals surface area (Å²) in [4.78, 5) is 14.1. The maximum absolute atomic E-state index is 12.1. The van der Waals surface area contributed by atoms with Gasteiger partial charge >= 0.3 is 0 Å². The van der Waals surface area contributed by atoms with Gasteiger partial charge in [-0.25, -0.2) is 0 Å². The monoisotopic (exact) mass is 315 g/mol. The Balaban J connectivity index is 2.27. The molecule has 1 heterocycles. The summed E-state index contributed by atoms with van der Waals surface area (Å²) >= 11 is 2.23. The van der Waals surface area contributed by atoms with Crippen molar-refractivity contribution in [3.8, 4) is 0 Å². The molecule has 1 aromatic carbocycles. The third-order valence-corrected chi connectivity index (χ3v) is 3.69. The molecule has 0 aliphatic carbocycles. The standard InChI is InChI=1S/C12H14INO/c1-9-4-5-11(13)10(8-9)12(15)14-6-2-3-7-14/h4-5,8H,2-3,6-7H2,1H3. The number of hydrogen-bond donors (Lipinski definition) is 0. The second kappa shape index (κ2) is 4.51. The molecule has 0 aromatic heterocycles. The van der Waals surface area contributed by atoms with Crippen molar-refractivity contribution in [2.75, 3.05) is 13.1 Å². The van der Waals surface area contributed by atoms with Crippen LogP contribution >= 0.6 is 22.6 Å². The first-order valence-electron chi connectivity index (χ1n) is 5.24. The smallest absolute Gasteiger partial charge is 0.254 e. The zero-order chi connectivity index (χ0) is 10.8. The Morgan fingerprint density at radius 3 is 2.67 bits per heavy atom. The van der Waals surface area contributed by atoms with Crippen molar-refractivity contribution in [2.45, 2.75) is 19.8 Å². The van der Waals surface area contributed by atoms with Gasteiger partial charge in [-0.3, -0.25) is 4.79 Å². The molecule has 0 spiro atoms. The molecule has 0 saturated carbocycles. The summed E-state index contributed by atoms with van der Waals surface area (Å²) in [6.07, 6.45) is 2.29. The molecule has 0 unspecified atom stereocenters. The second-order valence-electron chi connectivity index (χ2n) is 3.98. The van der Waals surface area contributed by atoms with E-state index in [9.17, 15) is 4.79 Å². The summed E-state index contributed by atoms with van der Waals surface area (Å²) in [5, 5.41) is 0. The number of carbonyl (C=O) groups excluding carboxylic acids is 1. The molecule has 0 radical (unpaired) electrons. The van der Waals surface area contributed by atoms with Gasteiger partial charge in [0.1, 0.15) is 0 Å². The van der Waals surface area contributed by atoms with E-state index in [4.69, 9.17) is 0 Å². The molecule has 1 aliphatic heterocycles. The van der Waals surface area contributed by atoms with Crippen molar-refractivity contribution < 1.29 is 4.79 Å². The van der Waals surface area contributed by atoms with Crippen LogP contribution in [0.25, 0.3) is 0 Å². The average Bonchev–Trinajstić information content (AvgIpc) is 2.74. The fourth-order valence-corrected chi connectivity index (χ4v) is 2.46. The maximum atomic E-state index is 12.1. The first-order valence-corrected chi connectivity index (χ1v) is 6.32. The fraction of sp³-hybridized carbons (Fsp3) is 0.417. The first kappa shape index (κ1) is 10.9. The molecule has 15 heavy (non-hydrogen) atoms. The van der Waals surface area contributed by atoms with Crippen molar-refractivity contribution in [1.82, 2.24) is 4.90 Å². The Hall–Kier alpha value is -0.580. The number of hydrogen-bond acceptors (Lipinski definition) is 1. The van der Waals surface area contributed by atoms with Crippen LogP contribution in [0.4, 0.5) is 0 Å². The zero-order valence-corrected chi connectivity index (χ0v) is 11.0. The van der Waals surface area contributed by atoms with Gasteiger partial charge in [0.25, 0.3) is 5.91 Å². The van der Waals surface area contributed by atoms with Crippen LogP contribution in [-0.4, -0.2) is 23.9 Å². The predicted molar refractivity (Wildman–Crippen MR) is 69.0 cm³/mol. The Kier molecular flexibility index (Phi) is 3.29. The molecule has 1 fully saturated rings. The quantitative estimate of drug-likeness (QED) is 0.730. The molecule has 2 rings (SSSR count). The largest absolute Gasteiger partial charge is 0.339 e. The van der Waals surface area contributed by atoms with Crippen LogP contribution in [0.1, 0.15) is 28.8 Å². The van der Waals surface area contributed by atoms with E-state index >= 15 is 0 Å². The Bertz CT molecular complexity index is 383. The highest BCUT2D eigenvalue weighted by Crippen LogP contribution is 2.19. The molecule has 1 aliphatic rings. The van der Waals surface area contributed by atoms with E-state index < -0.39 is 0 Å². The topological polar surface area (TPSA) is 20.3 Å². The molecule has 2 nitrogen and oxygen atoms in total. The van der Waals surface area contributed by atoms with Gasteiger partial charge in [-0.05, 0) is 54.5 Å². The van der Waals surface area contributed by atoms with Crippen LogP contribution in [0.2, 0.25) is 0 Å². The Labute approximate surface area is 104 Å². The van der Waals surface area contributed by atoms with Crippen LogP contribution in [0.3, 0.4) is 0 Å². The van der Waals surface area contributed by atoms with E-state index in [2.05, 4.69) is 22.6 Å². The molecule has 1 aromatic rings. The van der Waals surface area contributed by atoms with Gasteiger partial charge in [-0.15, -0.1) is 0 Å². The first-order chi connectivity index (χ1) is 7.18. The molecule has 80 valence electrons. The lowest BCUT2D eigenvalue weighted by Crippen LogP contribution is -2.28. The number of halogens is 1. The van der Waals surface area contributed by atoms with Gasteiger partial charge in [0.15, 0.2) is 0 Å². The maximum Gasteiger partial charge on any atom is 0.254 e. The molecule has 0 N–H and O–H groups in total. The summed E-state index contributed by atoms with van der Waals surface area (Å²) in [5.41, 5.74) is 2.01. The number of amides is 1. The summed E-state index contributed by atoms with van der Waals surface area (Å²) in [7, 11) is 0. The number of benzene rings is 1. The summed E-state index contributed by atoms with van der Waals surface area (Å²) in [6.45, 7) is 3.86. The van der Waals surface area contributed by atoms with Gasteiger partial charge in [-0.2, -0.15) is 0 Å². The SMILES string of the molecule is Cc1ccc(I)c(C(=O)N2CCCC2)c1. The van der Waals surface area contributed by atoms with Gasteiger partial charge in [0, 0.05) is 16.7 Å². The van der Waals surface area contributed by atoms with Gasteiger partial charge in [0.05, 0.1) is 5.56 Å². The zero-order valence-electron chi connectivity index (χ0n) is 8.79. The number of rotatable bonds is 1. The molecular weight excluding hydrogens is 301 g/mol. The van der Waals surface area contributed by atoms with Gasteiger partial charge in [-0.1, -0.05) is 11.6 Å². The number of carbonyl (C=O) groups is 1. The predicted octanol–water partition coefficient (Wildman–Crippen LogP) is 2.84. The lowest BCUT2D eigenvalue weighted by atomic mass is 10.1. The lowest BCUT2D eigenvalue weighted by Gasteiger charge is -2.16. The highest BCUT2D eigenvalue weighted by molar-refractivity contribution is 14.1. The summed E-state index contributed by atoms with van der Waals surface area (Å²) in [5.74, 6) is 0.195. The van der Waals surface area contributed by atoms with Crippen molar-refractivity contribution in [3.05, 3.63) is 32.9 Å². The van der Waals surface area contributed by atoms with Crippen LogP contribution < -0.4 is 0 Å². The van der Waals surface area contributed by atoms with Gasteiger partial charge < -0.3 is 4.90 Å². The van der Waals surface area contributed by atoms with Crippen LogP contribution in [-0.2, 0) is 0 Å². The minimum Gasteiger partial charge on any atom is -0.339 e. The molecule has 1 saturated heterocycles. The number of nitrogens with zero attached hydrogens (tertiary/aromatic N) is 1. The fourth-order valence-electron chi connectivity index (χ4n) is 1.89. The van der Waals surface area contributed by atoms with Crippen LogP contribution in [0, 0.1) is 10.5 Å². The van der Waals surface area contributed by atoms with Crippen molar-refractivity contribution in [1.29, 1.82) is 0 Å². The third-order valence-electron chi connectivity index (χ3n) is 2.75. The van der Waals surface area contributed by atoms with Gasteiger partial charge in [0.2, 0.25) is 0 Å². The van der Waals surface area contributed by atoms with E-state index in [1.165, 1.54) is 0 Å². The second-order valence-corrected chi connectivity index (χ2v) is 5.14. The minimum atomic E-state index is 0.195. The van der Waals surface area contributed by atoms with Crippen LogP contribution in [0.15, 0.2) is 18.2 Å². The van der Waals surface area contributed by atoms with E-state index in [1.54, 1.807) is 0 Å². The molecule has 1 amide bonds. The molecular formula is C12H14INO. The normalized spacial score (nSPS) is 15.7. The molecule has 0 bridgehead atoms. The van der Waals surface area contributed by atoms with E-state index in [1.807, 2.05) is 30.0 Å². The molecule has 3 heteroatoms. The Morgan fingerprint density at radius 1 is 1.33 bits per heavy atom. The van der Waals surface area contributed by atoms with Crippen molar-refractivity contribution in [3.63, 3.8) is 0 Å². The van der Waals surface area contributed by atoms with E-state index in [0.29, 0.717) is 0 Å². The van der Waals surface area contributed by atoms with Crippen molar-refractivity contribution >= 4 is 28.5 Å². The third kappa shape index (κ3) is 2.33. The summed E-state index contributed by atoms with van der Waals surface area (Å²) in [6, 6.07) is 6.05. The van der Waals surface area contributed by atoms with Crippen LogP contribution in [0.5, 0.6) is 0 Å². The van der Waals surface area contributed by atoms with Crippen molar-refractivity contribution in [2.24, 2.45) is 0 Å². The average molecular weight is 315 g/mol. The number of likely N-dealkylation sites (tertiary alicyclic amines) is 1. The lowest BCUT2D eigenvalue weighted by molar-refractivity contribution is 0.0791. The molecule has 0 atom stereocenters. The highest BCUT2D eigenvalue weighted by Gasteiger charge is 2.20. The highest BCUT2D eigenvalue weighted by atomic mass is 127.